The molecule has 0 atom stereocenters. The van der Waals surface area contributed by atoms with Crippen LogP contribution in [0.4, 0.5) is 10.9 Å². The normalized spacial score (nSPS) is 16.1. The van der Waals surface area contributed by atoms with Crippen LogP contribution in [0, 0.1) is 5.92 Å². The predicted molar refractivity (Wildman–Crippen MR) is 91.9 cm³/mol. The maximum absolute atomic E-state index is 5.62. The molecule has 0 amide bonds. The first-order valence-electron chi connectivity index (χ1n) is 7.81. The maximum atomic E-state index is 5.62. The van der Waals surface area contributed by atoms with Gasteiger partial charge in [0.25, 0.3) is 0 Å². The zero-order valence-corrected chi connectivity index (χ0v) is 13.8. The van der Waals surface area contributed by atoms with E-state index in [9.17, 15) is 0 Å². The predicted octanol–water partition coefficient (Wildman–Crippen LogP) is 2.65. The Bertz CT molecular complexity index is 587. The topological polar surface area (TPSA) is 67.1 Å². The van der Waals surface area contributed by atoms with Crippen LogP contribution in [-0.2, 0) is 13.1 Å². The Kier molecular flexibility index (Phi) is 4.90. The number of nitrogens with two attached hydrogens (primary N) is 1. The SMILES string of the molecule is CC1CCN(c2ccc(CNCc3cnc(N)s3)cn2)CC1. The monoisotopic (exact) mass is 317 g/mol. The molecule has 0 radical (unpaired) electrons. The third-order valence-corrected chi connectivity index (χ3v) is 4.94. The van der Waals surface area contributed by atoms with Gasteiger partial charge in [0.15, 0.2) is 5.13 Å². The molecule has 2 aromatic rings. The minimum absolute atomic E-state index is 0.624. The van der Waals surface area contributed by atoms with Gasteiger partial charge in [-0.1, -0.05) is 13.0 Å². The fraction of sp³-hybridized carbons (Fsp3) is 0.500. The summed E-state index contributed by atoms with van der Waals surface area (Å²) < 4.78 is 0. The Hall–Kier alpha value is -1.66. The first kappa shape index (κ1) is 15.2. The van der Waals surface area contributed by atoms with Crippen LogP contribution in [0.2, 0.25) is 0 Å². The van der Waals surface area contributed by atoms with Crippen LogP contribution in [0.1, 0.15) is 30.2 Å². The molecule has 1 aliphatic heterocycles. The molecule has 0 unspecified atom stereocenters. The Labute approximate surface area is 135 Å². The lowest BCUT2D eigenvalue weighted by Crippen LogP contribution is -2.33. The Morgan fingerprint density at radius 3 is 2.68 bits per heavy atom. The van der Waals surface area contributed by atoms with E-state index in [4.69, 9.17) is 5.73 Å². The van der Waals surface area contributed by atoms with E-state index in [1.54, 1.807) is 0 Å². The number of hydrogen-bond acceptors (Lipinski definition) is 6. The number of nitrogens with zero attached hydrogens (tertiary/aromatic N) is 3. The lowest BCUT2D eigenvalue weighted by Gasteiger charge is -2.31. The molecule has 0 saturated carbocycles. The Morgan fingerprint density at radius 2 is 2.05 bits per heavy atom. The summed E-state index contributed by atoms with van der Waals surface area (Å²) in [5.41, 5.74) is 6.82. The number of hydrogen-bond donors (Lipinski definition) is 2. The average Bonchev–Trinajstić information content (AvgIpc) is 2.94. The van der Waals surface area contributed by atoms with Crippen LogP contribution in [0.5, 0.6) is 0 Å². The van der Waals surface area contributed by atoms with Gasteiger partial charge < -0.3 is 16.0 Å². The highest BCUT2D eigenvalue weighted by Crippen LogP contribution is 2.21. The van der Waals surface area contributed by atoms with Crippen LogP contribution in [0.3, 0.4) is 0 Å². The van der Waals surface area contributed by atoms with Crippen molar-refractivity contribution in [2.24, 2.45) is 5.92 Å². The van der Waals surface area contributed by atoms with Crippen LogP contribution in [0.15, 0.2) is 24.5 Å². The van der Waals surface area contributed by atoms with E-state index >= 15 is 0 Å². The van der Waals surface area contributed by atoms with E-state index < -0.39 is 0 Å². The number of piperidine rings is 1. The largest absolute Gasteiger partial charge is 0.375 e. The van der Waals surface area contributed by atoms with Gasteiger partial charge in [0.2, 0.25) is 0 Å². The number of thiazole rings is 1. The molecule has 1 aliphatic rings. The molecule has 1 saturated heterocycles. The summed E-state index contributed by atoms with van der Waals surface area (Å²) in [7, 11) is 0. The zero-order chi connectivity index (χ0) is 15.4. The minimum Gasteiger partial charge on any atom is -0.375 e. The van der Waals surface area contributed by atoms with E-state index in [1.165, 1.54) is 29.7 Å². The lowest BCUT2D eigenvalue weighted by molar-refractivity contribution is 0.436. The zero-order valence-electron chi connectivity index (χ0n) is 13.0. The van der Waals surface area contributed by atoms with Crippen LogP contribution < -0.4 is 16.0 Å². The van der Waals surface area contributed by atoms with Crippen molar-refractivity contribution in [1.29, 1.82) is 0 Å². The van der Waals surface area contributed by atoms with E-state index in [2.05, 4.69) is 39.2 Å². The molecule has 118 valence electrons. The van der Waals surface area contributed by atoms with Gasteiger partial charge in [-0.05, 0) is 30.4 Å². The van der Waals surface area contributed by atoms with Crippen LogP contribution in [0.25, 0.3) is 0 Å². The van der Waals surface area contributed by atoms with Gasteiger partial charge in [0.1, 0.15) is 5.82 Å². The van der Waals surface area contributed by atoms with Gasteiger partial charge in [0.05, 0.1) is 0 Å². The molecule has 2 aromatic heterocycles. The van der Waals surface area contributed by atoms with Gasteiger partial charge in [-0.15, -0.1) is 11.3 Å². The third kappa shape index (κ3) is 3.96. The van der Waals surface area contributed by atoms with E-state index in [1.807, 2.05) is 12.4 Å². The van der Waals surface area contributed by atoms with Crippen molar-refractivity contribution in [2.45, 2.75) is 32.9 Å². The van der Waals surface area contributed by atoms with E-state index in [0.717, 1.165) is 42.8 Å². The molecular formula is C16H23N5S. The van der Waals surface area contributed by atoms with Gasteiger partial charge in [0, 0.05) is 43.4 Å². The van der Waals surface area contributed by atoms with Crippen molar-refractivity contribution in [2.75, 3.05) is 23.7 Å². The first-order valence-corrected chi connectivity index (χ1v) is 8.63. The molecule has 3 N–H and O–H groups in total. The smallest absolute Gasteiger partial charge is 0.180 e. The van der Waals surface area contributed by atoms with Crippen molar-refractivity contribution in [3.8, 4) is 0 Å². The third-order valence-electron chi connectivity index (χ3n) is 4.12. The molecule has 3 rings (SSSR count). The number of nitrogen functional groups attached to an aromatic ring is 1. The summed E-state index contributed by atoms with van der Waals surface area (Å²) in [4.78, 5) is 12.2. The van der Waals surface area contributed by atoms with Gasteiger partial charge >= 0.3 is 0 Å². The van der Waals surface area contributed by atoms with Crippen LogP contribution >= 0.6 is 11.3 Å². The summed E-state index contributed by atoms with van der Waals surface area (Å²) in [6.07, 6.45) is 6.33. The van der Waals surface area contributed by atoms with E-state index in [0.29, 0.717) is 5.13 Å². The molecule has 22 heavy (non-hydrogen) atoms. The summed E-state index contributed by atoms with van der Waals surface area (Å²) >= 11 is 1.53. The second-order valence-corrected chi connectivity index (χ2v) is 7.11. The lowest BCUT2D eigenvalue weighted by atomic mass is 9.99. The standard InChI is InChI=1S/C16H23N5S/c1-12-4-6-21(7-5-12)15-3-2-13(9-19-15)8-18-10-14-11-20-16(17)22-14/h2-3,9,11-12,18H,4-8,10H2,1H3,(H2,17,20). The van der Waals surface area contributed by atoms with Crippen molar-refractivity contribution in [3.05, 3.63) is 35.0 Å². The Morgan fingerprint density at radius 1 is 1.23 bits per heavy atom. The highest BCUT2D eigenvalue weighted by atomic mass is 32.1. The number of pyridine rings is 1. The molecule has 5 nitrogen and oxygen atoms in total. The van der Waals surface area contributed by atoms with Gasteiger partial charge in [-0.25, -0.2) is 9.97 Å². The van der Waals surface area contributed by atoms with E-state index in [-0.39, 0.29) is 0 Å². The second kappa shape index (κ2) is 7.07. The molecule has 0 aromatic carbocycles. The summed E-state index contributed by atoms with van der Waals surface area (Å²) in [5, 5.41) is 4.02. The minimum atomic E-state index is 0.624. The molecule has 3 heterocycles. The van der Waals surface area contributed by atoms with Crippen molar-refractivity contribution < 1.29 is 0 Å². The summed E-state index contributed by atoms with van der Waals surface area (Å²) in [6.45, 7) is 6.18. The quantitative estimate of drug-likeness (QED) is 0.887. The number of anilines is 2. The molecule has 0 aliphatic carbocycles. The molecule has 0 spiro atoms. The highest BCUT2D eigenvalue weighted by molar-refractivity contribution is 7.15. The molecule has 6 heteroatoms. The fourth-order valence-electron chi connectivity index (χ4n) is 2.68. The number of rotatable bonds is 5. The fourth-order valence-corrected chi connectivity index (χ4v) is 3.33. The molecule has 1 fully saturated rings. The van der Waals surface area contributed by atoms with Crippen molar-refractivity contribution in [3.63, 3.8) is 0 Å². The Balaban J connectivity index is 1.49. The average molecular weight is 317 g/mol. The molecule has 0 bridgehead atoms. The van der Waals surface area contributed by atoms with Gasteiger partial charge in [-0.3, -0.25) is 0 Å². The van der Waals surface area contributed by atoms with Crippen molar-refractivity contribution in [1.82, 2.24) is 15.3 Å². The first-order chi connectivity index (χ1) is 10.7. The maximum Gasteiger partial charge on any atom is 0.180 e. The van der Waals surface area contributed by atoms with Crippen molar-refractivity contribution >= 4 is 22.3 Å². The summed E-state index contributed by atoms with van der Waals surface area (Å²) in [5.74, 6) is 1.95. The number of nitrogens with one attached hydrogen (secondary N) is 1. The number of aromatic nitrogens is 2. The van der Waals surface area contributed by atoms with Crippen LogP contribution in [-0.4, -0.2) is 23.1 Å². The second-order valence-electron chi connectivity index (χ2n) is 5.96. The highest BCUT2D eigenvalue weighted by Gasteiger charge is 2.16. The van der Waals surface area contributed by atoms with Gasteiger partial charge in [-0.2, -0.15) is 0 Å². The molecular weight excluding hydrogens is 294 g/mol. The summed E-state index contributed by atoms with van der Waals surface area (Å²) in [6, 6.07) is 4.30.